The molecule has 102 valence electrons. The number of rotatable bonds is 3. The number of aromatic nitrogens is 2. The molecule has 6 heteroatoms. The second-order valence-electron chi connectivity index (χ2n) is 4.52. The van der Waals surface area contributed by atoms with Gasteiger partial charge in [-0.25, -0.2) is 8.42 Å². The zero-order valence-electron chi connectivity index (χ0n) is 10.8. The molecule has 3 aromatic rings. The molecule has 0 aliphatic rings. The largest absolute Gasteiger partial charge is 0.281 e. The van der Waals surface area contributed by atoms with Crippen LogP contribution in [0.25, 0.3) is 10.8 Å². The Hall–Kier alpha value is -2.34. The lowest BCUT2D eigenvalue weighted by Crippen LogP contribution is -2.13. The Morgan fingerprint density at radius 3 is 2.60 bits per heavy atom. The van der Waals surface area contributed by atoms with Crippen LogP contribution in [0.15, 0.2) is 53.4 Å². The molecule has 20 heavy (non-hydrogen) atoms. The van der Waals surface area contributed by atoms with E-state index in [2.05, 4.69) is 14.9 Å². The fraction of sp³-hybridized carbons (Fsp3) is 0.0714. The summed E-state index contributed by atoms with van der Waals surface area (Å²) in [5.74, 6) is 0.287. The number of H-pyrrole nitrogens is 1. The predicted molar refractivity (Wildman–Crippen MR) is 78.1 cm³/mol. The number of fused-ring (bicyclic) bond motifs is 1. The van der Waals surface area contributed by atoms with Crippen molar-refractivity contribution in [1.29, 1.82) is 0 Å². The molecular weight excluding hydrogens is 274 g/mol. The molecular formula is C14H13N3O2S. The van der Waals surface area contributed by atoms with Gasteiger partial charge >= 0.3 is 0 Å². The summed E-state index contributed by atoms with van der Waals surface area (Å²) in [5, 5.41) is 8.17. The summed E-state index contributed by atoms with van der Waals surface area (Å²) in [5.41, 5.74) is 0.792. The number of anilines is 1. The molecule has 1 heterocycles. The molecule has 0 radical (unpaired) electrons. The average Bonchev–Trinajstić information content (AvgIpc) is 2.82. The second-order valence-corrected chi connectivity index (χ2v) is 6.17. The maximum Gasteiger partial charge on any atom is 0.263 e. The van der Waals surface area contributed by atoms with E-state index in [1.54, 1.807) is 24.3 Å². The molecule has 5 nitrogen and oxygen atoms in total. The number of nitrogens with one attached hydrogen (secondary N) is 2. The molecule has 0 bridgehead atoms. The first-order valence-electron chi connectivity index (χ1n) is 6.09. The Bertz CT molecular complexity index is 864. The van der Waals surface area contributed by atoms with Gasteiger partial charge < -0.3 is 0 Å². The lowest BCUT2D eigenvalue weighted by Gasteiger charge is -2.08. The highest BCUT2D eigenvalue weighted by Gasteiger charge is 2.18. The van der Waals surface area contributed by atoms with Crippen LogP contribution in [-0.2, 0) is 10.0 Å². The van der Waals surface area contributed by atoms with Crippen LogP contribution < -0.4 is 4.72 Å². The number of nitrogens with zero attached hydrogens (tertiary/aromatic N) is 1. The van der Waals surface area contributed by atoms with Crippen molar-refractivity contribution in [3.63, 3.8) is 0 Å². The van der Waals surface area contributed by atoms with Crippen LogP contribution >= 0.6 is 0 Å². The summed E-state index contributed by atoms with van der Waals surface area (Å²) in [7, 11) is -3.66. The van der Waals surface area contributed by atoms with Crippen molar-refractivity contribution < 1.29 is 8.42 Å². The Balaban J connectivity index is 2.09. The molecule has 0 aliphatic heterocycles. The van der Waals surface area contributed by atoms with E-state index in [-0.39, 0.29) is 10.7 Å². The van der Waals surface area contributed by atoms with Crippen LogP contribution in [-0.4, -0.2) is 18.6 Å². The topological polar surface area (TPSA) is 74.8 Å². The maximum atomic E-state index is 12.5. The first-order valence-corrected chi connectivity index (χ1v) is 7.57. The van der Waals surface area contributed by atoms with Crippen molar-refractivity contribution in [3.8, 4) is 0 Å². The van der Waals surface area contributed by atoms with Gasteiger partial charge in [0.15, 0.2) is 5.82 Å². The molecule has 0 spiro atoms. The van der Waals surface area contributed by atoms with E-state index in [4.69, 9.17) is 0 Å². The van der Waals surface area contributed by atoms with Crippen molar-refractivity contribution >= 4 is 26.6 Å². The van der Waals surface area contributed by atoms with E-state index in [9.17, 15) is 8.42 Å². The van der Waals surface area contributed by atoms with E-state index in [1.165, 1.54) is 0 Å². The Morgan fingerprint density at radius 1 is 1.10 bits per heavy atom. The van der Waals surface area contributed by atoms with E-state index >= 15 is 0 Å². The monoisotopic (exact) mass is 287 g/mol. The van der Waals surface area contributed by atoms with Crippen molar-refractivity contribution in [2.45, 2.75) is 11.8 Å². The summed E-state index contributed by atoms with van der Waals surface area (Å²) >= 11 is 0. The van der Waals surface area contributed by atoms with E-state index in [0.29, 0.717) is 5.39 Å². The van der Waals surface area contributed by atoms with Gasteiger partial charge in [-0.3, -0.25) is 9.82 Å². The summed E-state index contributed by atoms with van der Waals surface area (Å²) in [6.45, 7) is 1.81. The van der Waals surface area contributed by atoms with Crippen LogP contribution in [0.5, 0.6) is 0 Å². The van der Waals surface area contributed by atoms with Gasteiger partial charge in [0, 0.05) is 17.1 Å². The number of benzene rings is 2. The van der Waals surface area contributed by atoms with Gasteiger partial charge in [0.1, 0.15) is 0 Å². The Morgan fingerprint density at radius 2 is 1.85 bits per heavy atom. The number of hydrogen-bond acceptors (Lipinski definition) is 3. The first-order chi connectivity index (χ1) is 9.56. The lowest BCUT2D eigenvalue weighted by molar-refractivity contribution is 0.602. The van der Waals surface area contributed by atoms with Crippen molar-refractivity contribution in [1.82, 2.24) is 10.2 Å². The zero-order chi connectivity index (χ0) is 14.2. The third kappa shape index (κ3) is 2.25. The average molecular weight is 287 g/mol. The third-order valence-electron chi connectivity index (χ3n) is 2.98. The standard InChI is InChI=1S/C14H13N3O2S/c1-10-9-14(16-15-10)17-20(18,19)13-8-4-6-11-5-2-3-7-12(11)13/h2-9H,1H3,(H2,15,16,17). The van der Waals surface area contributed by atoms with Gasteiger partial charge in [-0.1, -0.05) is 36.4 Å². The lowest BCUT2D eigenvalue weighted by atomic mass is 10.1. The van der Waals surface area contributed by atoms with Gasteiger partial charge in [-0.05, 0) is 18.4 Å². The SMILES string of the molecule is Cc1cc(NS(=O)(=O)c2cccc3ccccc23)n[nH]1. The van der Waals surface area contributed by atoms with Crippen LogP contribution in [0, 0.1) is 6.92 Å². The van der Waals surface area contributed by atoms with Crippen LogP contribution in [0.2, 0.25) is 0 Å². The number of aromatic amines is 1. The van der Waals surface area contributed by atoms with Crippen molar-refractivity contribution in [3.05, 3.63) is 54.2 Å². The number of sulfonamides is 1. The smallest absolute Gasteiger partial charge is 0.263 e. The van der Waals surface area contributed by atoms with E-state index in [1.807, 2.05) is 31.2 Å². The Labute approximate surface area is 116 Å². The minimum absolute atomic E-state index is 0.247. The summed E-state index contributed by atoms with van der Waals surface area (Å²) in [6.07, 6.45) is 0. The van der Waals surface area contributed by atoms with Crippen molar-refractivity contribution in [2.75, 3.05) is 4.72 Å². The summed E-state index contributed by atoms with van der Waals surface area (Å²) in [6, 6.07) is 14.2. The molecule has 2 N–H and O–H groups in total. The molecule has 0 atom stereocenters. The molecule has 3 rings (SSSR count). The van der Waals surface area contributed by atoms with E-state index in [0.717, 1.165) is 11.1 Å². The Kier molecular flexibility index (Phi) is 2.94. The zero-order valence-corrected chi connectivity index (χ0v) is 11.6. The minimum atomic E-state index is -3.66. The summed E-state index contributed by atoms with van der Waals surface area (Å²) < 4.78 is 27.4. The number of hydrogen-bond donors (Lipinski definition) is 2. The summed E-state index contributed by atoms with van der Waals surface area (Å²) in [4.78, 5) is 0.247. The predicted octanol–water partition coefficient (Wildman–Crippen LogP) is 2.67. The van der Waals surface area contributed by atoms with Crippen LogP contribution in [0.4, 0.5) is 5.82 Å². The molecule has 0 saturated carbocycles. The van der Waals surface area contributed by atoms with Crippen LogP contribution in [0.1, 0.15) is 5.69 Å². The quantitative estimate of drug-likeness (QED) is 0.777. The molecule has 1 aromatic heterocycles. The maximum absolute atomic E-state index is 12.5. The molecule has 0 saturated heterocycles. The second kappa shape index (κ2) is 4.64. The highest BCUT2D eigenvalue weighted by atomic mass is 32.2. The van der Waals surface area contributed by atoms with Gasteiger partial charge in [-0.2, -0.15) is 5.10 Å². The highest BCUT2D eigenvalue weighted by molar-refractivity contribution is 7.93. The molecule has 0 aliphatic carbocycles. The normalized spacial score (nSPS) is 11.7. The fourth-order valence-electron chi connectivity index (χ4n) is 2.09. The molecule has 0 amide bonds. The molecule has 2 aromatic carbocycles. The number of aryl methyl sites for hydroxylation is 1. The minimum Gasteiger partial charge on any atom is -0.281 e. The molecule has 0 fully saturated rings. The van der Waals surface area contributed by atoms with Gasteiger partial charge in [-0.15, -0.1) is 0 Å². The first kappa shape index (κ1) is 12.7. The highest BCUT2D eigenvalue weighted by Crippen LogP contribution is 2.24. The van der Waals surface area contributed by atoms with Crippen LogP contribution in [0.3, 0.4) is 0 Å². The third-order valence-corrected chi connectivity index (χ3v) is 4.40. The van der Waals surface area contributed by atoms with Gasteiger partial charge in [0.05, 0.1) is 4.90 Å². The molecule has 0 unspecified atom stereocenters. The van der Waals surface area contributed by atoms with E-state index < -0.39 is 10.0 Å². The van der Waals surface area contributed by atoms with Gasteiger partial charge in [0.25, 0.3) is 10.0 Å². The van der Waals surface area contributed by atoms with Gasteiger partial charge in [0.2, 0.25) is 0 Å². The fourth-order valence-corrected chi connectivity index (χ4v) is 3.32. The van der Waals surface area contributed by atoms with Crippen molar-refractivity contribution in [2.24, 2.45) is 0 Å².